The number of nitrogens with one attached hydrogen (secondary N) is 1. The summed E-state index contributed by atoms with van der Waals surface area (Å²) in [7, 11) is 1.36. The summed E-state index contributed by atoms with van der Waals surface area (Å²) in [5.74, 6) is 0. The zero-order chi connectivity index (χ0) is 25.3. The molecule has 35 heavy (non-hydrogen) atoms. The summed E-state index contributed by atoms with van der Waals surface area (Å²) in [5, 5.41) is 15.8. The Labute approximate surface area is 198 Å². The van der Waals surface area contributed by atoms with Gasteiger partial charge in [-0.25, -0.2) is 19.2 Å². The Morgan fingerprint density at radius 1 is 1.11 bits per heavy atom. The van der Waals surface area contributed by atoms with Crippen molar-refractivity contribution in [3.63, 3.8) is 0 Å². The molecule has 0 spiro atoms. The second kappa shape index (κ2) is 8.98. The van der Waals surface area contributed by atoms with Crippen LogP contribution in [-0.2, 0) is 6.18 Å². The number of aromatic nitrogens is 2. The van der Waals surface area contributed by atoms with Crippen LogP contribution in [0.4, 0.5) is 28.4 Å². The zero-order valence-corrected chi connectivity index (χ0v) is 18.7. The van der Waals surface area contributed by atoms with E-state index in [0.717, 1.165) is 21.9 Å². The van der Waals surface area contributed by atoms with E-state index in [4.69, 9.17) is 5.26 Å². The van der Waals surface area contributed by atoms with E-state index in [2.05, 4.69) is 10.4 Å². The Hall–Kier alpha value is -4.59. The SMILES string of the molecule is CNC(=O)N1CC(c2ccnn2-c2ccc(C#N)cc2)=C(C)N(c2cccc(C(F)(F)F)c2)C1=O. The van der Waals surface area contributed by atoms with Gasteiger partial charge in [-0.3, -0.25) is 4.90 Å². The lowest BCUT2D eigenvalue weighted by atomic mass is 10.0. The minimum Gasteiger partial charge on any atom is -0.341 e. The Balaban J connectivity index is 1.88. The largest absolute Gasteiger partial charge is 0.416 e. The molecule has 4 amide bonds. The van der Waals surface area contributed by atoms with E-state index in [1.807, 2.05) is 6.07 Å². The van der Waals surface area contributed by atoms with Gasteiger partial charge in [-0.2, -0.15) is 23.5 Å². The number of hydrogen-bond donors (Lipinski definition) is 1. The molecule has 2 heterocycles. The van der Waals surface area contributed by atoms with Crippen LogP contribution in [0.2, 0.25) is 0 Å². The molecule has 1 aliphatic heterocycles. The Morgan fingerprint density at radius 3 is 2.46 bits per heavy atom. The molecule has 1 aromatic heterocycles. The first kappa shape index (κ1) is 23.6. The average Bonchev–Trinajstić information content (AvgIpc) is 3.33. The van der Waals surface area contributed by atoms with Gasteiger partial charge in [0.2, 0.25) is 0 Å². The van der Waals surface area contributed by atoms with Crippen LogP contribution in [0.3, 0.4) is 0 Å². The summed E-state index contributed by atoms with van der Waals surface area (Å²) in [6.07, 6.45) is -3.08. The monoisotopic (exact) mass is 480 g/mol. The normalized spacial score (nSPS) is 14.2. The van der Waals surface area contributed by atoms with Gasteiger partial charge < -0.3 is 5.32 Å². The number of nitriles is 1. The fourth-order valence-corrected chi connectivity index (χ4v) is 3.84. The number of imide groups is 1. The maximum atomic E-state index is 13.4. The van der Waals surface area contributed by atoms with E-state index >= 15 is 0 Å². The molecule has 0 saturated carbocycles. The fourth-order valence-electron chi connectivity index (χ4n) is 3.84. The Bertz CT molecular complexity index is 1370. The van der Waals surface area contributed by atoms with Gasteiger partial charge in [0.05, 0.1) is 47.0 Å². The maximum Gasteiger partial charge on any atom is 0.416 e. The van der Waals surface area contributed by atoms with Gasteiger partial charge in [-0.05, 0) is 55.5 Å². The number of benzene rings is 2. The molecule has 8 nitrogen and oxygen atoms in total. The lowest BCUT2D eigenvalue weighted by molar-refractivity contribution is -0.137. The molecule has 1 aliphatic rings. The van der Waals surface area contributed by atoms with Crippen molar-refractivity contribution in [1.29, 1.82) is 5.26 Å². The first-order valence-electron chi connectivity index (χ1n) is 10.4. The highest BCUT2D eigenvalue weighted by Gasteiger charge is 2.38. The molecule has 0 fully saturated rings. The lowest BCUT2D eigenvalue weighted by Gasteiger charge is -2.36. The van der Waals surface area contributed by atoms with Gasteiger partial charge >= 0.3 is 18.2 Å². The third kappa shape index (κ3) is 4.33. The number of hydrogen-bond acceptors (Lipinski definition) is 4. The van der Waals surface area contributed by atoms with E-state index in [9.17, 15) is 22.8 Å². The van der Waals surface area contributed by atoms with Crippen LogP contribution < -0.4 is 10.2 Å². The van der Waals surface area contributed by atoms with Gasteiger partial charge in [0, 0.05) is 18.3 Å². The Morgan fingerprint density at radius 2 is 1.83 bits per heavy atom. The number of alkyl halides is 3. The summed E-state index contributed by atoms with van der Waals surface area (Å²) in [5.41, 5.74) is 1.53. The van der Waals surface area contributed by atoms with E-state index in [-0.39, 0.29) is 12.2 Å². The molecule has 11 heteroatoms. The summed E-state index contributed by atoms with van der Waals surface area (Å²) < 4.78 is 41.7. The minimum atomic E-state index is -4.61. The first-order chi connectivity index (χ1) is 16.7. The van der Waals surface area contributed by atoms with Gasteiger partial charge in [0.25, 0.3) is 0 Å². The molecule has 0 saturated heterocycles. The molecule has 1 N–H and O–H groups in total. The molecule has 2 aromatic carbocycles. The first-order valence-corrected chi connectivity index (χ1v) is 10.4. The number of carbonyl (C=O) groups excluding carboxylic acids is 2. The highest BCUT2D eigenvalue weighted by atomic mass is 19.4. The molecule has 178 valence electrons. The van der Waals surface area contributed by atoms with Gasteiger partial charge in [-0.1, -0.05) is 6.07 Å². The van der Waals surface area contributed by atoms with E-state index in [1.54, 1.807) is 41.9 Å². The topological polar surface area (TPSA) is 94.3 Å². The fraction of sp³-hybridized carbons (Fsp3) is 0.167. The number of halogens is 3. The number of amides is 4. The molecule has 0 aliphatic carbocycles. The zero-order valence-electron chi connectivity index (χ0n) is 18.7. The van der Waals surface area contributed by atoms with Crippen molar-refractivity contribution in [1.82, 2.24) is 20.0 Å². The molecule has 0 atom stereocenters. The summed E-state index contributed by atoms with van der Waals surface area (Å²) >= 11 is 0. The third-order valence-corrected chi connectivity index (χ3v) is 5.59. The minimum absolute atomic E-state index is 0.0298. The molecular weight excluding hydrogens is 461 g/mol. The van der Waals surface area contributed by atoms with Crippen molar-refractivity contribution < 1.29 is 22.8 Å². The summed E-state index contributed by atoms with van der Waals surface area (Å²) in [6.45, 7) is 1.48. The molecular formula is C24H19F3N6O2. The number of allylic oxidation sites excluding steroid dienone is 1. The predicted octanol–water partition coefficient (Wildman–Crippen LogP) is 4.78. The van der Waals surface area contributed by atoms with Crippen LogP contribution in [0, 0.1) is 11.3 Å². The number of carbonyl (C=O) groups is 2. The number of nitrogens with zero attached hydrogens (tertiary/aromatic N) is 5. The molecule has 4 rings (SSSR count). The smallest absolute Gasteiger partial charge is 0.341 e. The van der Waals surface area contributed by atoms with Crippen LogP contribution in [-0.4, -0.2) is 40.3 Å². The Kier molecular flexibility index (Phi) is 6.05. The third-order valence-electron chi connectivity index (χ3n) is 5.59. The van der Waals surface area contributed by atoms with Crippen molar-refractivity contribution in [3.05, 3.63) is 83.3 Å². The molecule has 0 radical (unpaired) electrons. The molecule has 0 unspecified atom stereocenters. The van der Waals surface area contributed by atoms with Crippen molar-refractivity contribution in [3.8, 4) is 11.8 Å². The van der Waals surface area contributed by atoms with Crippen molar-refractivity contribution in [2.45, 2.75) is 13.1 Å². The lowest BCUT2D eigenvalue weighted by Crippen LogP contribution is -2.53. The number of anilines is 1. The average molecular weight is 480 g/mol. The van der Waals surface area contributed by atoms with Gasteiger partial charge in [0.15, 0.2) is 0 Å². The van der Waals surface area contributed by atoms with Crippen molar-refractivity contribution in [2.24, 2.45) is 0 Å². The van der Waals surface area contributed by atoms with Crippen LogP contribution in [0.15, 0.2) is 66.5 Å². The predicted molar refractivity (Wildman–Crippen MR) is 121 cm³/mol. The number of urea groups is 2. The maximum absolute atomic E-state index is 13.4. The van der Waals surface area contributed by atoms with Gasteiger partial charge in [0.1, 0.15) is 0 Å². The van der Waals surface area contributed by atoms with Crippen molar-refractivity contribution >= 4 is 23.3 Å². The van der Waals surface area contributed by atoms with E-state index in [1.165, 1.54) is 25.4 Å². The van der Waals surface area contributed by atoms with E-state index in [0.29, 0.717) is 28.2 Å². The summed E-state index contributed by atoms with van der Waals surface area (Å²) in [6, 6.07) is 13.2. The highest BCUT2D eigenvalue weighted by molar-refractivity contribution is 6.08. The molecule has 0 bridgehead atoms. The standard InChI is InChI=1S/C24H19F3N6O2/c1-15-20(21-10-11-30-33(21)18-8-6-16(13-28)7-9-18)14-31(22(34)29-2)23(35)32(15)19-5-3-4-17(12-19)24(25,26)27/h3-12H,14H2,1-2H3,(H,29,34). The van der Waals surface area contributed by atoms with Crippen LogP contribution in [0.25, 0.3) is 11.3 Å². The van der Waals surface area contributed by atoms with Gasteiger partial charge in [-0.15, -0.1) is 0 Å². The highest BCUT2D eigenvalue weighted by Crippen LogP contribution is 2.36. The van der Waals surface area contributed by atoms with Crippen LogP contribution >= 0.6 is 0 Å². The number of rotatable bonds is 3. The van der Waals surface area contributed by atoms with Crippen molar-refractivity contribution in [2.75, 3.05) is 18.5 Å². The summed E-state index contributed by atoms with van der Waals surface area (Å²) in [4.78, 5) is 27.8. The van der Waals surface area contributed by atoms with Crippen LogP contribution in [0.5, 0.6) is 0 Å². The van der Waals surface area contributed by atoms with Crippen LogP contribution in [0.1, 0.15) is 23.7 Å². The van der Waals surface area contributed by atoms with E-state index < -0.39 is 23.8 Å². The second-order valence-corrected chi connectivity index (χ2v) is 7.66. The molecule has 3 aromatic rings. The second-order valence-electron chi connectivity index (χ2n) is 7.66. The quantitative estimate of drug-likeness (QED) is 0.584.